The minimum Gasteiger partial charge on any atom is -0.294 e. The maximum atomic E-state index is 12.1. The molecule has 1 aromatic heterocycles. The maximum absolute atomic E-state index is 12.1. The van der Waals surface area contributed by atoms with Crippen molar-refractivity contribution < 1.29 is 9.59 Å². The number of fused-ring (bicyclic) bond motifs is 1. The van der Waals surface area contributed by atoms with Gasteiger partial charge in [-0.3, -0.25) is 14.9 Å². The number of anilines is 1. The van der Waals surface area contributed by atoms with Gasteiger partial charge in [0, 0.05) is 18.7 Å². The molecule has 1 amide bonds. The number of carbonyl (C=O) groups is 2. The van der Waals surface area contributed by atoms with Crippen LogP contribution in [-0.2, 0) is 11.2 Å². The van der Waals surface area contributed by atoms with Crippen LogP contribution in [0, 0.1) is 5.41 Å². The van der Waals surface area contributed by atoms with Crippen molar-refractivity contribution >= 4 is 23.7 Å². The predicted octanol–water partition coefficient (Wildman–Crippen LogP) is 3.28. The van der Waals surface area contributed by atoms with Crippen LogP contribution in [0.15, 0.2) is 42.6 Å². The molecule has 24 heavy (non-hydrogen) atoms. The number of rotatable bonds is 3. The molecule has 3 rings (SSSR count). The molecular formula is C19H19N3O2. The number of nitrogens with one attached hydrogen (secondary N) is 1. The van der Waals surface area contributed by atoms with E-state index < -0.39 is 0 Å². The van der Waals surface area contributed by atoms with Gasteiger partial charge >= 0.3 is 0 Å². The average molecular weight is 321 g/mol. The standard InChI is InChI=1S/C19H19N3O2/c1-19(2)10-15-14(16(23)11-19)12-20-18(21-15)22-17(24)9-8-13-6-4-3-5-7-13/h3-9,12H,10-11H2,1-2H3,(H,20,21,22,24)/b9-8+. The third-order valence-corrected chi connectivity index (χ3v) is 3.91. The third-order valence-electron chi connectivity index (χ3n) is 3.91. The topological polar surface area (TPSA) is 72.0 Å². The van der Waals surface area contributed by atoms with E-state index in [1.807, 2.05) is 44.2 Å². The van der Waals surface area contributed by atoms with E-state index in [0.717, 1.165) is 5.56 Å². The lowest BCUT2D eigenvalue weighted by Crippen LogP contribution is -2.28. The smallest absolute Gasteiger partial charge is 0.250 e. The summed E-state index contributed by atoms with van der Waals surface area (Å²) in [6.45, 7) is 4.08. The lowest BCUT2D eigenvalue weighted by Gasteiger charge is -2.29. The Hall–Kier alpha value is -2.82. The zero-order valence-corrected chi connectivity index (χ0v) is 13.7. The highest BCUT2D eigenvalue weighted by atomic mass is 16.1. The highest BCUT2D eigenvalue weighted by Crippen LogP contribution is 2.33. The third kappa shape index (κ3) is 3.74. The number of amides is 1. The molecule has 0 atom stereocenters. The monoisotopic (exact) mass is 321 g/mol. The number of nitrogens with zero attached hydrogens (tertiary/aromatic N) is 2. The van der Waals surface area contributed by atoms with Crippen LogP contribution < -0.4 is 5.32 Å². The molecule has 0 aliphatic heterocycles. The number of hydrogen-bond acceptors (Lipinski definition) is 4. The lowest BCUT2D eigenvalue weighted by molar-refractivity contribution is -0.111. The van der Waals surface area contributed by atoms with E-state index >= 15 is 0 Å². The molecule has 1 heterocycles. The average Bonchev–Trinajstić information content (AvgIpc) is 2.52. The van der Waals surface area contributed by atoms with E-state index in [-0.39, 0.29) is 23.1 Å². The molecule has 1 aromatic carbocycles. The summed E-state index contributed by atoms with van der Waals surface area (Å²) in [5, 5.41) is 2.65. The van der Waals surface area contributed by atoms with Gasteiger partial charge < -0.3 is 0 Å². The molecule has 5 nitrogen and oxygen atoms in total. The first-order valence-corrected chi connectivity index (χ1v) is 7.86. The largest absolute Gasteiger partial charge is 0.294 e. The minimum absolute atomic E-state index is 0.0584. The molecule has 0 saturated heterocycles. The normalized spacial score (nSPS) is 16.0. The van der Waals surface area contributed by atoms with Crippen LogP contribution in [0.2, 0.25) is 0 Å². The van der Waals surface area contributed by atoms with E-state index in [0.29, 0.717) is 24.1 Å². The fraction of sp³-hybridized carbons (Fsp3) is 0.263. The van der Waals surface area contributed by atoms with Crippen molar-refractivity contribution in [2.75, 3.05) is 5.32 Å². The van der Waals surface area contributed by atoms with Crippen molar-refractivity contribution in [1.82, 2.24) is 9.97 Å². The summed E-state index contributed by atoms with van der Waals surface area (Å²) < 4.78 is 0. The summed E-state index contributed by atoms with van der Waals surface area (Å²) in [6.07, 6.45) is 5.86. The molecule has 1 aliphatic rings. The minimum atomic E-state index is -0.305. The second-order valence-electron chi connectivity index (χ2n) is 6.73. The lowest BCUT2D eigenvalue weighted by atomic mass is 9.76. The molecule has 0 spiro atoms. The van der Waals surface area contributed by atoms with Gasteiger partial charge in [0.2, 0.25) is 5.95 Å². The molecule has 1 N–H and O–H groups in total. The molecule has 0 radical (unpaired) electrons. The summed E-state index contributed by atoms with van der Waals surface area (Å²) >= 11 is 0. The van der Waals surface area contributed by atoms with Crippen molar-refractivity contribution in [3.8, 4) is 0 Å². The van der Waals surface area contributed by atoms with Crippen LogP contribution in [0.5, 0.6) is 0 Å². The van der Waals surface area contributed by atoms with E-state index in [2.05, 4.69) is 15.3 Å². The SMILES string of the molecule is CC1(C)CC(=O)c2cnc(NC(=O)/C=C/c3ccccc3)nc2C1. The fourth-order valence-corrected chi connectivity index (χ4v) is 2.78. The second-order valence-corrected chi connectivity index (χ2v) is 6.73. The second kappa shape index (κ2) is 6.35. The first-order valence-electron chi connectivity index (χ1n) is 7.86. The van der Waals surface area contributed by atoms with Gasteiger partial charge in [-0.25, -0.2) is 9.97 Å². The number of hydrogen-bond donors (Lipinski definition) is 1. The van der Waals surface area contributed by atoms with Crippen LogP contribution in [0.4, 0.5) is 5.95 Å². The molecule has 122 valence electrons. The quantitative estimate of drug-likeness (QED) is 0.881. The fourth-order valence-electron chi connectivity index (χ4n) is 2.78. The van der Waals surface area contributed by atoms with Crippen molar-refractivity contribution in [1.29, 1.82) is 0 Å². The van der Waals surface area contributed by atoms with Crippen molar-refractivity contribution in [3.63, 3.8) is 0 Å². The first-order chi connectivity index (χ1) is 11.4. The Morgan fingerprint density at radius 1 is 1.21 bits per heavy atom. The van der Waals surface area contributed by atoms with Crippen molar-refractivity contribution in [2.24, 2.45) is 5.41 Å². The Morgan fingerprint density at radius 3 is 2.71 bits per heavy atom. The van der Waals surface area contributed by atoms with Gasteiger partial charge in [-0.2, -0.15) is 0 Å². The Kier molecular flexibility index (Phi) is 4.25. The molecule has 0 bridgehead atoms. The van der Waals surface area contributed by atoms with E-state index in [4.69, 9.17) is 0 Å². The maximum Gasteiger partial charge on any atom is 0.250 e. The molecule has 0 saturated carbocycles. The first kappa shape index (κ1) is 16.1. The van der Waals surface area contributed by atoms with Gasteiger partial charge in [0.15, 0.2) is 5.78 Å². The molecule has 1 aliphatic carbocycles. The van der Waals surface area contributed by atoms with Crippen LogP contribution in [0.1, 0.15) is 41.9 Å². The number of aromatic nitrogens is 2. The van der Waals surface area contributed by atoms with E-state index in [1.165, 1.54) is 12.3 Å². The zero-order valence-electron chi connectivity index (χ0n) is 13.7. The Labute approximate surface area is 140 Å². The summed E-state index contributed by atoms with van der Waals surface area (Å²) in [5.74, 6) is -0.0229. The number of carbonyl (C=O) groups excluding carboxylic acids is 2. The van der Waals surface area contributed by atoms with Crippen molar-refractivity contribution in [2.45, 2.75) is 26.7 Å². The Bertz CT molecular complexity index is 811. The van der Waals surface area contributed by atoms with Gasteiger partial charge in [0.05, 0.1) is 11.3 Å². The van der Waals surface area contributed by atoms with Gasteiger partial charge in [-0.1, -0.05) is 44.2 Å². The highest BCUT2D eigenvalue weighted by molar-refractivity contribution is 6.01. The van der Waals surface area contributed by atoms with Gasteiger partial charge in [-0.15, -0.1) is 0 Å². The molecule has 2 aromatic rings. The van der Waals surface area contributed by atoms with E-state index in [1.54, 1.807) is 6.08 Å². The van der Waals surface area contributed by atoms with Crippen molar-refractivity contribution in [3.05, 3.63) is 59.4 Å². The highest BCUT2D eigenvalue weighted by Gasteiger charge is 2.32. The number of ketones is 1. The van der Waals surface area contributed by atoms with Crippen LogP contribution in [-0.4, -0.2) is 21.7 Å². The number of benzene rings is 1. The summed E-state index contributed by atoms with van der Waals surface area (Å²) in [7, 11) is 0. The predicted molar refractivity (Wildman–Crippen MR) is 92.6 cm³/mol. The molecular weight excluding hydrogens is 302 g/mol. The van der Waals surface area contributed by atoms with Gasteiger partial charge in [0.1, 0.15) is 0 Å². The molecule has 0 fully saturated rings. The summed E-state index contributed by atoms with van der Waals surface area (Å²) in [4.78, 5) is 32.6. The van der Waals surface area contributed by atoms with Gasteiger partial charge in [0.25, 0.3) is 5.91 Å². The van der Waals surface area contributed by atoms with E-state index in [9.17, 15) is 9.59 Å². The Balaban J connectivity index is 1.73. The zero-order chi connectivity index (χ0) is 17.2. The van der Waals surface area contributed by atoms with Crippen LogP contribution >= 0.6 is 0 Å². The van der Waals surface area contributed by atoms with Gasteiger partial charge in [-0.05, 0) is 23.5 Å². The number of Topliss-reactive ketones (excluding diaryl/α,β-unsaturated/α-hetero) is 1. The molecule has 5 heteroatoms. The summed E-state index contributed by atoms with van der Waals surface area (Å²) in [6, 6.07) is 9.55. The Morgan fingerprint density at radius 2 is 1.96 bits per heavy atom. The van der Waals surface area contributed by atoms with Crippen LogP contribution in [0.3, 0.4) is 0 Å². The molecule has 0 unspecified atom stereocenters. The van der Waals surface area contributed by atoms with Crippen LogP contribution in [0.25, 0.3) is 6.08 Å². The summed E-state index contributed by atoms with van der Waals surface area (Å²) in [5.41, 5.74) is 2.08.